The number of rotatable bonds is 3. The fraction of sp³-hybridized carbons (Fsp3) is 0.250. The summed E-state index contributed by atoms with van der Waals surface area (Å²) in [6, 6.07) is 4.82. The highest BCUT2D eigenvalue weighted by Crippen LogP contribution is 2.35. The molecule has 3 nitrogen and oxygen atoms in total. The van der Waals surface area contributed by atoms with Crippen LogP contribution in [0.25, 0.3) is 0 Å². The molecule has 1 aromatic rings. The lowest BCUT2D eigenvalue weighted by molar-refractivity contribution is -0.0500. The Morgan fingerprint density at radius 3 is 2.60 bits per heavy atom. The molecule has 0 fully saturated rings. The number of ether oxygens (including phenoxy) is 1. The Labute approximate surface area is 89.7 Å². The van der Waals surface area contributed by atoms with Gasteiger partial charge in [-0.05, 0) is 12.1 Å². The second-order valence-corrected chi connectivity index (χ2v) is 8.00. The van der Waals surface area contributed by atoms with Gasteiger partial charge in [-0.15, -0.1) is 0 Å². The van der Waals surface area contributed by atoms with Gasteiger partial charge in [-0.25, -0.2) is 0 Å². The first-order valence-electron chi connectivity index (χ1n) is 3.81. The summed E-state index contributed by atoms with van der Waals surface area (Å²) in [7, 11) is 0.950. The van der Waals surface area contributed by atoms with E-state index in [0.29, 0.717) is 0 Å². The largest absolute Gasteiger partial charge is 0.435 e. The van der Waals surface area contributed by atoms with Gasteiger partial charge in [-0.2, -0.15) is 13.0 Å². The molecule has 0 saturated carbocycles. The summed E-state index contributed by atoms with van der Waals surface area (Å²) in [5.41, 5.74) is 0. The van der Waals surface area contributed by atoms with E-state index in [9.17, 15) is 17.5 Å². The summed E-state index contributed by atoms with van der Waals surface area (Å²) in [6.45, 7) is -2.99. The zero-order valence-electron chi connectivity index (χ0n) is 7.69. The summed E-state index contributed by atoms with van der Waals surface area (Å²) in [5.74, 6) is -0.210. The highest BCUT2D eigenvalue weighted by Gasteiger charge is 2.21. The van der Waals surface area contributed by atoms with Crippen molar-refractivity contribution in [1.29, 1.82) is 0 Å². The predicted octanol–water partition coefficient (Wildman–Crippen LogP) is 2.72. The normalized spacial score (nSPS) is 14.7. The predicted molar refractivity (Wildman–Crippen MR) is 53.9 cm³/mol. The number of hydrogen-bond acceptors (Lipinski definition) is 2. The molecule has 0 amide bonds. The molecule has 0 unspecified atom stereocenters. The summed E-state index contributed by atoms with van der Waals surface area (Å²) in [6.07, 6.45) is 0.917. The van der Waals surface area contributed by atoms with Crippen molar-refractivity contribution in [3.8, 4) is 5.75 Å². The molecule has 0 aromatic heterocycles. The van der Waals surface area contributed by atoms with E-state index in [1.165, 1.54) is 18.2 Å². The van der Waals surface area contributed by atoms with Crippen LogP contribution in [0.3, 0.4) is 0 Å². The number of alkyl halides is 2. The maximum Gasteiger partial charge on any atom is 0.387 e. The lowest BCUT2D eigenvalue weighted by Gasteiger charge is -2.30. The van der Waals surface area contributed by atoms with Crippen LogP contribution in [-0.2, 0) is 8.56 Å². The highest BCUT2D eigenvalue weighted by atomic mass is 35.7. The first kappa shape index (κ1) is 12.4. The number of halogens is 3. The Morgan fingerprint density at radius 2 is 2.13 bits per heavy atom. The molecule has 15 heavy (non-hydrogen) atoms. The van der Waals surface area contributed by atoms with Crippen molar-refractivity contribution in [3.63, 3.8) is 0 Å². The fourth-order valence-corrected chi connectivity index (χ4v) is 1.98. The standard InChI is InChI=1S/C8H9ClF2O3S/c1-15(9,12,13)7-4-2-3-6(5-7)14-8(10)11/h2-5,8H,1H3,(H,12,13). The van der Waals surface area contributed by atoms with E-state index >= 15 is 0 Å². The molecule has 0 heterocycles. The van der Waals surface area contributed by atoms with Gasteiger partial charge in [-0.1, -0.05) is 14.6 Å². The first-order valence-corrected chi connectivity index (χ1v) is 6.97. The van der Waals surface area contributed by atoms with Crippen molar-refractivity contribution in [2.75, 3.05) is 6.26 Å². The second kappa shape index (κ2) is 3.70. The molecule has 0 saturated heterocycles. The minimum atomic E-state index is -4.44. The molecular weight excluding hydrogens is 250 g/mol. The van der Waals surface area contributed by atoms with Crippen molar-refractivity contribution in [3.05, 3.63) is 24.3 Å². The van der Waals surface area contributed by atoms with Crippen molar-refractivity contribution in [1.82, 2.24) is 0 Å². The van der Waals surface area contributed by atoms with Crippen LogP contribution in [0.2, 0.25) is 0 Å². The maximum atomic E-state index is 11.9. The lowest BCUT2D eigenvalue weighted by atomic mass is 10.3. The average Bonchev–Trinajstić information content (AvgIpc) is 2.00. The van der Waals surface area contributed by atoms with Crippen LogP contribution in [0, 0.1) is 0 Å². The Morgan fingerprint density at radius 1 is 1.53 bits per heavy atom. The molecule has 86 valence electrons. The third-order valence-corrected chi connectivity index (χ3v) is 3.40. The topological polar surface area (TPSA) is 46.5 Å². The van der Waals surface area contributed by atoms with E-state index in [-0.39, 0.29) is 10.6 Å². The van der Waals surface area contributed by atoms with Gasteiger partial charge in [-0.3, -0.25) is 4.55 Å². The minimum absolute atomic E-state index is 0.160. The summed E-state index contributed by atoms with van der Waals surface area (Å²) in [5, 5.41) is 0. The van der Waals surface area contributed by atoms with Crippen molar-refractivity contribution >= 4 is 19.2 Å². The van der Waals surface area contributed by atoms with E-state index in [1.807, 2.05) is 0 Å². The van der Waals surface area contributed by atoms with E-state index in [2.05, 4.69) is 4.74 Å². The van der Waals surface area contributed by atoms with E-state index in [1.54, 1.807) is 0 Å². The van der Waals surface area contributed by atoms with E-state index in [4.69, 9.17) is 10.7 Å². The Kier molecular flexibility index (Phi) is 3.04. The van der Waals surface area contributed by atoms with Crippen molar-refractivity contribution in [2.24, 2.45) is 0 Å². The van der Waals surface area contributed by atoms with Crippen LogP contribution in [0.15, 0.2) is 29.2 Å². The number of benzene rings is 1. The summed E-state index contributed by atoms with van der Waals surface area (Å²) >= 11 is 0. The molecule has 0 aliphatic carbocycles. The first-order chi connectivity index (χ1) is 6.65. The molecule has 0 spiro atoms. The van der Waals surface area contributed by atoms with Gasteiger partial charge in [0.1, 0.15) is 5.75 Å². The van der Waals surface area contributed by atoms with Gasteiger partial charge >= 0.3 is 6.61 Å². The van der Waals surface area contributed by atoms with Crippen LogP contribution in [0.4, 0.5) is 8.78 Å². The molecule has 0 aliphatic heterocycles. The second-order valence-electron chi connectivity index (χ2n) is 3.02. The Balaban J connectivity index is 3.10. The van der Waals surface area contributed by atoms with Crippen molar-refractivity contribution < 1.29 is 22.3 Å². The van der Waals surface area contributed by atoms with E-state index < -0.39 is 15.2 Å². The minimum Gasteiger partial charge on any atom is -0.435 e. The molecule has 0 bridgehead atoms. The number of hydrogen-bond donors (Lipinski definition) is 1. The zero-order chi connectivity index (χ0) is 11.7. The van der Waals surface area contributed by atoms with Gasteiger partial charge in [0.25, 0.3) is 0 Å². The van der Waals surface area contributed by atoms with Gasteiger partial charge < -0.3 is 4.74 Å². The monoisotopic (exact) mass is 258 g/mol. The Bertz CT molecular complexity index is 419. The van der Waals surface area contributed by atoms with Gasteiger partial charge in [0.05, 0.1) is 4.90 Å². The fourth-order valence-electron chi connectivity index (χ4n) is 0.934. The zero-order valence-corrected chi connectivity index (χ0v) is 9.27. The smallest absolute Gasteiger partial charge is 0.387 e. The highest BCUT2D eigenvalue weighted by molar-refractivity contribution is 8.33. The molecule has 1 aromatic carbocycles. The molecule has 7 heteroatoms. The van der Waals surface area contributed by atoms with Crippen LogP contribution in [0.1, 0.15) is 0 Å². The van der Waals surface area contributed by atoms with E-state index in [0.717, 1.165) is 12.3 Å². The molecule has 0 aliphatic rings. The summed E-state index contributed by atoms with van der Waals surface area (Å²) in [4.78, 5) is -0.160. The van der Waals surface area contributed by atoms with Crippen LogP contribution >= 0.6 is 10.7 Å². The third kappa shape index (κ3) is 3.73. The molecular formula is C8H9ClF2O3S. The average molecular weight is 259 g/mol. The van der Waals surface area contributed by atoms with Gasteiger partial charge in [0.2, 0.25) is 0 Å². The Hall–Kier alpha value is -0.720. The van der Waals surface area contributed by atoms with Crippen LogP contribution in [0.5, 0.6) is 5.75 Å². The molecule has 0 radical (unpaired) electrons. The van der Waals surface area contributed by atoms with Gasteiger partial charge in [0.15, 0.2) is 0 Å². The lowest BCUT2D eigenvalue weighted by Crippen LogP contribution is -2.21. The van der Waals surface area contributed by atoms with Crippen molar-refractivity contribution in [2.45, 2.75) is 11.5 Å². The third-order valence-electron chi connectivity index (χ3n) is 1.56. The van der Waals surface area contributed by atoms with Crippen LogP contribution in [-0.4, -0.2) is 21.6 Å². The quantitative estimate of drug-likeness (QED) is 0.848. The molecule has 0 atom stereocenters. The molecule has 1 rings (SSSR count). The van der Waals surface area contributed by atoms with Crippen LogP contribution < -0.4 is 4.74 Å². The molecule has 1 N–H and O–H groups in total. The maximum absolute atomic E-state index is 11.9. The summed E-state index contributed by atoms with van der Waals surface area (Å²) < 4.78 is 48.7. The SMILES string of the molecule is CS(=O)(O)(Cl)c1cccc(OC(F)F)c1. The van der Waals surface area contributed by atoms with Gasteiger partial charge in [0, 0.05) is 23.0 Å².